The van der Waals surface area contributed by atoms with Crippen LogP contribution in [0.25, 0.3) is 0 Å². The molecule has 23 heavy (non-hydrogen) atoms. The molecule has 3 nitrogen and oxygen atoms in total. The maximum Gasteiger partial charge on any atom is 0.225 e. The zero-order chi connectivity index (χ0) is 17.4. The Hall–Kier alpha value is -0.750. The number of carbonyl (C=O) groups is 1. The molecule has 5 heteroatoms. The van der Waals surface area contributed by atoms with E-state index in [9.17, 15) is 9.90 Å². The van der Waals surface area contributed by atoms with Crippen LogP contribution in [-0.4, -0.2) is 40.8 Å². The Morgan fingerprint density at radius 3 is 2.78 bits per heavy atom. The van der Waals surface area contributed by atoms with Crippen LogP contribution in [0.3, 0.4) is 0 Å². The van der Waals surface area contributed by atoms with E-state index in [1.807, 2.05) is 37.0 Å². The lowest BCUT2D eigenvalue weighted by Crippen LogP contribution is -2.40. The molecule has 0 aliphatic carbocycles. The second-order valence-electron chi connectivity index (χ2n) is 5.89. The molecule has 5 unspecified atom stereocenters. The lowest BCUT2D eigenvalue weighted by molar-refractivity contribution is -0.135. The van der Waals surface area contributed by atoms with Crippen molar-refractivity contribution in [2.24, 2.45) is 5.92 Å². The average molecular weight is 353 g/mol. The molecule has 1 amide bonds. The largest absolute Gasteiger partial charge is 0.391 e. The van der Waals surface area contributed by atoms with E-state index in [4.69, 9.17) is 0 Å². The van der Waals surface area contributed by atoms with Crippen molar-refractivity contribution in [1.82, 2.24) is 4.90 Å². The van der Waals surface area contributed by atoms with E-state index in [0.717, 1.165) is 17.9 Å². The van der Waals surface area contributed by atoms with Crippen molar-refractivity contribution in [3.8, 4) is 0 Å². The lowest BCUT2D eigenvalue weighted by Gasteiger charge is -2.27. The van der Waals surface area contributed by atoms with Crippen LogP contribution in [0.2, 0.25) is 0 Å². The average Bonchev–Trinajstić information content (AvgIpc) is 2.93. The summed E-state index contributed by atoms with van der Waals surface area (Å²) in [4.78, 5) is 14.4. The van der Waals surface area contributed by atoms with Gasteiger partial charge in [-0.05, 0) is 29.6 Å². The van der Waals surface area contributed by atoms with Crippen molar-refractivity contribution >= 4 is 23.7 Å². The first-order chi connectivity index (χ1) is 10.9. The summed E-state index contributed by atoms with van der Waals surface area (Å²) in [7, 11) is 3.27. The highest BCUT2D eigenvalue weighted by Gasteiger charge is 2.35. The molecule has 5 atom stereocenters. The van der Waals surface area contributed by atoms with Gasteiger partial charge in [0.05, 0.1) is 6.10 Å². The number of hydrogen-bond acceptors (Lipinski definition) is 2. The van der Waals surface area contributed by atoms with Crippen LogP contribution < -0.4 is 0 Å². The van der Waals surface area contributed by atoms with Crippen molar-refractivity contribution < 1.29 is 9.90 Å². The van der Waals surface area contributed by atoms with Crippen LogP contribution in [-0.2, 0) is 4.79 Å². The van der Waals surface area contributed by atoms with Crippen molar-refractivity contribution in [2.45, 2.75) is 38.8 Å². The van der Waals surface area contributed by atoms with E-state index in [-0.39, 0.29) is 17.9 Å². The van der Waals surface area contributed by atoms with Crippen molar-refractivity contribution in [1.29, 1.82) is 0 Å². The van der Waals surface area contributed by atoms with Crippen LogP contribution in [0.1, 0.15) is 26.7 Å². The fraction of sp³-hybridized carbons (Fsp3) is 0.500. The molecule has 0 aromatic rings. The number of β-amino-alcohol motifs (C(OH)–C–C–N with tert-alkyl or cyclic N) is 1. The normalized spacial score (nSPS) is 24.3. The Kier molecular flexibility index (Phi) is 8.99. The third-order valence-electron chi connectivity index (χ3n) is 4.17. The summed E-state index contributed by atoms with van der Waals surface area (Å²) in [6, 6.07) is 0.125. The molecule has 0 aromatic carbocycles. The number of hydrogen-bond donors (Lipinski definition) is 1. The molecule has 1 rings (SSSR count). The Morgan fingerprint density at radius 1 is 1.52 bits per heavy atom. The molecule has 128 valence electrons. The number of carbonyl (C=O) groups excluding carboxylic acids is 1. The number of amides is 1. The molecule has 0 bridgehead atoms. The summed E-state index contributed by atoms with van der Waals surface area (Å²) in [5.41, 5.74) is 0. The molecular formula is C18H29NO2P2. The zero-order valence-electron chi connectivity index (χ0n) is 14.2. The van der Waals surface area contributed by atoms with Gasteiger partial charge in [-0.25, -0.2) is 0 Å². The van der Waals surface area contributed by atoms with Crippen molar-refractivity contribution in [3.05, 3.63) is 48.1 Å². The van der Waals surface area contributed by atoms with Crippen LogP contribution in [0.15, 0.2) is 48.1 Å². The first kappa shape index (κ1) is 20.3. The SMILES string of the molecule is C=C/C=C\C(PCC1CC(O)CN1C(=O)C(C)CC)=C(\P)C=C. The first-order valence-corrected chi connectivity index (χ1v) is 9.86. The molecule has 1 N–H and O–H groups in total. The van der Waals surface area contributed by atoms with Gasteiger partial charge in [0.25, 0.3) is 0 Å². The van der Waals surface area contributed by atoms with Gasteiger partial charge in [-0.1, -0.05) is 59.9 Å². The molecule has 1 heterocycles. The standard InChI is InChI=1S/C18H29NO2P2/c1-5-8-9-17(16(22)7-3)23-12-14-10-15(20)11-19(14)18(21)13(4)6-2/h5,7-9,13-15,20,23H,1,3,6,10-12,22H2,2,4H3/b9-8-,17-16-. The molecule has 0 aromatic heterocycles. The fourth-order valence-corrected chi connectivity index (χ4v) is 4.34. The topological polar surface area (TPSA) is 40.5 Å². The van der Waals surface area contributed by atoms with E-state index < -0.39 is 6.10 Å². The van der Waals surface area contributed by atoms with Gasteiger partial charge in [-0.2, -0.15) is 0 Å². The smallest absolute Gasteiger partial charge is 0.225 e. The zero-order valence-corrected chi connectivity index (χ0v) is 16.3. The van der Waals surface area contributed by atoms with Crippen molar-refractivity contribution in [2.75, 3.05) is 12.7 Å². The molecular weight excluding hydrogens is 324 g/mol. The summed E-state index contributed by atoms with van der Waals surface area (Å²) in [5.74, 6) is 0.188. The predicted octanol–water partition coefficient (Wildman–Crippen LogP) is 3.69. The number of aliphatic hydroxyl groups is 1. The molecule has 1 aliphatic heterocycles. The summed E-state index contributed by atoms with van der Waals surface area (Å²) in [5, 5.41) is 12.3. The maximum atomic E-state index is 12.5. The second-order valence-corrected chi connectivity index (χ2v) is 7.81. The van der Waals surface area contributed by atoms with E-state index in [1.165, 1.54) is 5.31 Å². The third kappa shape index (κ3) is 5.99. The second kappa shape index (κ2) is 10.2. The molecule has 1 saturated heterocycles. The van der Waals surface area contributed by atoms with Gasteiger partial charge in [0.2, 0.25) is 5.91 Å². The lowest BCUT2D eigenvalue weighted by atomic mass is 10.1. The van der Waals surface area contributed by atoms with Gasteiger partial charge < -0.3 is 10.0 Å². The quantitative estimate of drug-likeness (QED) is 0.534. The Labute approximate surface area is 144 Å². The van der Waals surface area contributed by atoms with Gasteiger partial charge in [0.15, 0.2) is 0 Å². The minimum atomic E-state index is -0.399. The molecule has 1 aliphatic rings. The van der Waals surface area contributed by atoms with E-state index >= 15 is 0 Å². The highest BCUT2D eigenvalue weighted by Crippen LogP contribution is 2.35. The maximum absolute atomic E-state index is 12.5. The van der Waals surface area contributed by atoms with E-state index in [1.54, 1.807) is 6.08 Å². The summed E-state index contributed by atoms with van der Waals surface area (Å²) < 4.78 is 0. The Bertz CT molecular complexity index is 499. The Balaban J connectivity index is 2.80. The van der Waals surface area contributed by atoms with Gasteiger partial charge >= 0.3 is 0 Å². The van der Waals surface area contributed by atoms with Crippen LogP contribution in [0, 0.1) is 5.92 Å². The first-order valence-electron chi connectivity index (χ1n) is 8.08. The number of aliphatic hydroxyl groups excluding tert-OH is 1. The van der Waals surface area contributed by atoms with Gasteiger partial charge in [-0.15, -0.1) is 9.24 Å². The van der Waals surface area contributed by atoms with Crippen LogP contribution >= 0.6 is 17.8 Å². The monoisotopic (exact) mass is 353 g/mol. The molecule has 0 saturated carbocycles. The number of nitrogens with zero attached hydrogens (tertiary/aromatic N) is 1. The van der Waals surface area contributed by atoms with Gasteiger partial charge in [-0.3, -0.25) is 4.79 Å². The summed E-state index contributed by atoms with van der Waals surface area (Å²) >= 11 is 0. The molecule has 0 spiro atoms. The minimum Gasteiger partial charge on any atom is -0.391 e. The van der Waals surface area contributed by atoms with E-state index in [0.29, 0.717) is 21.5 Å². The van der Waals surface area contributed by atoms with Crippen LogP contribution in [0.5, 0.6) is 0 Å². The highest BCUT2D eigenvalue weighted by molar-refractivity contribution is 7.44. The fourth-order valence-electron chi connectivity index (χ4n) is 2.57. The van der Waals surface area contributed by atoms with Gasteiger partial charge in [0, 0.05) is 18.5 Å². The molecule has 1 fully saturated rings. The van der Waals surface area contributed by atoms with E-state index in [2.05, 4.69) is 22.4 Å². The predicted molar refractivity (Wildman–Crippen MR) is 105 cm³/mol. The summed E-state index contributed by atoms with van der Waals surface area (Å²) in [6.45, 7) is 12.0. The van der Waals surface area contributed by atoms with Crippen LogP contribution in [0.4, 0.5) is 0 Å². The summed E-state index contributed by atoms with van der Waals surface area (Å²) in [6.07, 6.45) is 9.53. The molecule has 0 radical (unpaired) electrons. The third-order valence-corrected chi connectivity index (χ3v) is 6.51. The van der Waals surface area contributed by atoms with Crippen molar-refractivity contribution in [3.63, 3.8) is 0 Å². The number of likely N-dealkylation sites (tertiary alicyclic amines) is 1. The Morgan fingerprint density at radius 2 is 2.22 bits per heavy atom. The highest BCUT2D eigenvalue weighted by atomic mass is 31.1. The minimum absolute atomic E-state index is 0.0206. The van der Waals surface area contributed by atoms with Gasteiger partial charge in [0.1, 0.15) is 0 Å². The number of allylic oxidation sites excluding steroid dienone is 6. The number of rotatable bonds is 8.